The molecule has 0 aromatic carbocycles. The molecule has 28 heavy (non-hydrogen) atoms. The number of allylic oxidation sites excluding steroid dienone is 2. The first kappa shape index (κ1) is 25.1. The van der Waals surface area contributed by atoms with Crippen molar-refractivity contribution < 1.29 is 24.9 Å². The van der Waals surface area contributed by atoms with Gasteiger partial charge in [-0.3, -0.25) is 4.79 Å². The summed E-state index contributed by atoms with van der Waals surface area (Å²) < 4.78 is 5.11. The molecular weight excluding hydrogens is 356 g/mol. The lowest BCUT2D eigenvalue weighted by Gasteiger charge is -2.23. The summed E-state index contributed by atoms with van der Waals surface area (Å²) in [6, 6.07) is 0. The van der Waals surface area contributed by atoms with Gasteiger partial charge in [0, 0.05) is 6.42 Å². The Morgan fingerprint density at radius 2 is 1.79 bits per heavy atom. The first-order valence-electron chi connectivity index (χ1n) is 11.2. The summed E-state index contributed by atoms with van der Waals surface area (Å²) in [7, 11) is 0. The Morgan fingerprint density at radius 1 is 1.07 bits per heavy atom. The first-order chi connectivity index (χ1) is 13.3. The molecule has 0 amide bonds. The summed E-state index contributed by atoms with van der Waals surface area (Å²) >= 11 is 0. The number of carbonyl (C=O) groups is 1. The van der Waals surface area contributed by atoms with Gasteiger partial charge in [-0.15, -0.1) is 0 Å². The topological polar surface area (TPSA) is 87.0 Å². The number of hydrogen-bond donors (Lipinski definition) is 3. The maximum absolute atomic E-state index is 11.5. The van der Waals surface area contributed by atoms with Gasteiger partial charge in [0.25, 0.3) is 0 Å². The standard InChI is InChI=1S/C23H42O5/c1-4-5-8-11-18(24)14-15-20-19(21(25)16-22(20)26)12-9-6-7-10-13-23(27)28-17(2)3/h6,9,17-22,24-26H,4-5,7-8,10-16H2,1-3H3/b9-6-/t18-,19-,20-,21+,22-/m1/s1. The van der Waals surface area contributed by atoms with E-state index in [4.69, 9.17) is 4.74 Å². The molecule has 0 aromatic rings. The molecule has 3 N–H and O–H groups in total. The van der Waals surface area contributed by atoms with Crippen LogP contribution in [0.4, 0.5) is 0 Å². The zero-order valence-electron chi connectivity index (χ0n) is 18.1. The molecule has 0 heterocycles. The minimum atomic E-state index is -0.484. The second-order valence-corrected chi connectivity index (χ2v) is 8.56. The molecular formula is C23H42O5. The molecule has 0 aliphatic heterocycles. The van der Waals surface area contributed by atoms with Crippen LogP contribution in [0.5, 0.6) is 0 Å². The predicted molar refractivity (Wildman–Crippen MR) is 112 cm³/mol. The van der Waals surface area contributed by atoms with Crippen LogP contribution in [0.2, 0.25) is 0 Å². The van der Waals surface area contributed by atoms with Gasteiger partial charge in [0.05, 0.1) is 24.4 Å². The van der Waals surface area contributed by atoms with Crippen LogP contribution in [0.3, 0.4) is 0 Å². The van der Waals surface area contributed by atoms with Gasteiger partial charge >= 0.3 is 5.97 Å². The number of rotatable bonds is 14. The van der Waals surface area contributed by atoms with Crippen molar-refractivity contribution >= 4 is 5.97 Å². The maximum Gasteiger partial charge on any atom is 0.306 e. The quantitative estimate of drug-likeness (QED) is 0.233. The molecule has 1 fully saturated rings. The van der Waals surface area contributed by atoms with Crippen LogP contribution in [0.1, 0.15) is 91.4 Å². The van der Waals surface area contributed by atoms with Crippen molar-refractivity contribution in [3.05, 3.63) is 12.2 Å². The van der Waals surface area contributed by atoms with Gasteiger partial charge in [-0.05, 0) is 70.6 Å². The van der Waals surface area contributed by atoms with Gasteiger partial charge in [-0.25, -0.2) is 0 Å². The van der Waals surface area contributed by atoms with Crippen LogP contribution in [-0.4, -0.2) is 45.7 Å². The lowest BCUT2D eigenvalue weighted by atomic mass is 9.85. The number of unbranched alkanes of at least 4 members (excludes halogenated alkanes) is 3. The average Bonchev–Trinajstić information content (AvgIpc) is 2.88. The summed E-state index contributed by atoms with van der Waals surface area (Å²) in [5.41, 5.74) is 0. The molecule has 0 saturated heterocycles. The van der Waals surface area contributed by atoms with E-state index in [0.29, 0.717) is 19.3 Å². The van der Waals surface area contributed by atoms with Crippen LogP contribution in [0.25, 0.3) is 0 Å². The highest BCUT2D eigenvalue weighted by Gasteiger charge is 2.40. The summed E-state index contributed by atoms with van der Waals surface area (Å²) in [4.78, 5) is 11.5. The van der Waals surface area contributed by atoms with E-state index in [-0.39, 0.29) is 30.0 Å². The monoisotopic (exact) mass is 398 g/mol. The van der Waals surface area contributed by atoms with Gasteiger partial charge in [0.1, 0.15) is 0 Å². The molecule has 1 aliphatic carbocycles. The van der Waals surface area contributed by atoms with Crippen LogP contribution < -0.4 is 0 Å². The molecule has 1 rings (SSSR count). The lowest BCUT2D eigenvalue weighted by Crippen LogP contribution is -2.23. The van der Waals surface area contributed by atoms with Crippen LogP contribution >= 0.6 is 0 Å². The van der Waals surface area contributed by atoms with Gasteiger partial charge in [0.15, 0.2) is 0 Å². The van der Waals surface area contributed by atoms with Crippen LogP contribution in [0, 0.1) is 11.8 Å². The van der Waals surface area contributed by atoms with Gasteiger partial charge in [-0.1, -0.05) is 38.3 Å². The smallest absolute Gasteiger partial charge is 0.306 e. The molecule has 0 bridgehead atoms. The highest BCUT2D eigenvalue weighted by Crippen LogP contribution is 2.38. The van der Waals surface area contributed by atoms with E-state index in [0.717, 1.165) is 51.4 Å². The summed E-state index contributed by atoms with van der Waals surface area (Å²) in [5, 5.41) is 30.8. The average molecular weight is 399 g/mol. The third-order valence-electron chi connectivity index (χ3n) is 5.69. The molecule has 0 radical (unpaired) electrons. The second-order valence-electron chi connectivity index (χ2n) is 8.56. The Labute approximate surface area is 171 Å². The van der Waals surface area contributed by atoms with E-state index in [1.54, 1.807) is 0 Å². The fourth-order valence-electron chi connectivity index (χ4n) is 4.12. The number of hydrogen-bond acceptors (Lipinski definition) is 5. The third-order valence-corrected chi connectivity index (χ3v) is 5.69. The normalized spacial score (nSPS) is 26.2. The lowest BCUT2D eigenvalue weighted by molar-refractivity contribution is -0.147. The van der Waals surface area contributed by atoms with Crippen molar-refractivity contribution in [1.82, 2.24) is 0 Å². The number of esters is 1. The molecule has 5 atom stereocenters. The minimum absolute atomic E-state index is 0.0417. The van der Waals surface area contributed by atoms with E-state index in [9.17, 15) is 20.1 Å². The van der Waals surface area contributed by atoms with Crippen molar-refractivity contribution in [2.75, 3.05) is 0 Å². The largest absolute Gasteiger partial charge is 0.463 e. The fourth-order valence-corrected chi connectivity index (χ4v) is 4.12. The van der Waals surface area contributed by atoms with Gasteiger partial charge in [-0.2, -0.15) is 0 Å². The summed E-state index contributed by atoms with van der Waals surface area (Å²) in [6.45, 7) is 5.84. The Kier molecular flexibility index (Phi) is 12.7. The SMILES string of the molecule is CCCCC[C@@H](O)CC[C@@H]1[C@@H](C/C=C\CCCC(=O)OC(C)C)[C@@H](O)C[C@H]1O. The third kappa shape index (κ3) is 10.0. The maximum atomic E-state index is 11.5. The van der Waals surface area contributed by atoms with Gasteiger partial charge in [0.2, 0.25) is 0 Å². The van der Waals surface area contributed by atoms with Crippen molar-refractivity contribution in [1.29, 1.82) is 0 Å². The van der Waals surface area contributed by atoms with Crippen molar-refractivity contribution in [3.8, 4) is 0 Å². The molecule has 164 valence electrons. The Hall–Kier alpha value is -0.910. The Balaban J connectivity index is 2.33. The van der Waals surface area contributed by atoms with E-state index in [1.807, 2.05) is 13.8 Å². The molecule has 1 saturated carbocycles. The van der Waals surface area contributed by atoms with Crippen molar-refractivity contribution in [3.63, 3.8) is 0 Å². The fraction of sp³-hybridized carbons (Fsp3) is 0.870. The molecule has 1 aliphatic rings. The highest BCUT2D eigenvalue weighted by molar-refractivity contribution is 5.69. The summed E-state index contributed by atoms with van der Waals surface area (Å²) in [5.74, 6) is -0.0724. The number of ether oxygens (including phenoxy) is 1. The molecule has 0 aromatic heterocycles. The Bertz CT molecular complexity index is 448. The molecule has 5 heteroatoms. The number of aliphatic hydroxyl groups is 3. The summed E-state index contributed by atoms with van der Waals surface area (Å²) in [6.07, 6.45) is 11.5. The zero-order valence-corrected chi connectivity index (χ0v) is 18.1. The van der Waals surface area contributed by atoms with E-state index < -0.39 is 12.2 Å². The second kappa shape index (κ2) is 14.1. The van der Waals surface area contributed by atoms with Crippen molar-refractivity contribution in [2.24, 2.45) is 11.8 Å². The molecule has 0 unspecified atom stereocenters. The molecule has 0 spiro atoms. The minimum Gasteiger partial charge on any atom is -0.463 e. The van der Waals surface area contributed by atoms with Crippen LogP contribution in [-0.2, 0) is 9.53 Å². The van der Waals surface area contributed by atoms with Gasteiger partial charge < -0.3 is 20.1 Å². The molecule has 5 nitrogen and oxygen atoms in total. The Morgan fingerprint density at radius 3 is 2.46 bits per heavy atom. The highest BCUT2D eigenvalue weighted by atomic mass is 16.5. The zero-order chi connectivity index (χ0) is 20.9. The van der Waals surface area contributed by atoms with Crippen LogP contribution in [0.15, 0.2) is 12.2 Å². The van der Waals surface area contributed by atoms with E-state index >= 15 is 0 Å². The number of carbonyl (C=O) groups excluding carboxylic acids is 1. The van der Waals surface area contributed by atoms with E-state index in [1.165, 1.54) is 0 Å². The number of aliphatic hydroxyl groups excluding tert-OH is 3. The first-order valence-corrected chi connectivity index (χ1v) is 11.2. The van der Waals surface area contributed by atoms with E-state index in [2.05, 4.69) is 19.1 Å². The predicted octanol–water partition coefficient (Wildman–Crippen LogP) is 4.13. The van der Waals surface area contributed by atoms with Crippen molar-refractivity contribution in [2.45, 2.75) is 116 Å².